The molecule has 0 aliphatic heterocycles. The molecule has 2 heterocycles. The smallest absolute Gasteiger partial charge is 0.223 e. The molecule has 78 valence electrons. The van der Waals surface area contributed by atoms with Gasteiger partial charge in [-0.05, 0) is 28.9 Å². The lowest BCUT2D eigenvalue weighted by atomic mass is 10.2. The summed E-state index contributed by atoms with van der Waals surface area (Å²) in [6.07, 6.45) is 0. The molecule has 0 saturated carbocycles. The van der Waals surface area contributed by atoms with Crippen LogP contribution in [0.4, 0.5) is 5.95 Å². The number of nitrogens with zero attached hydrogens (tertiary/aromatic N) is 2. The molecule has 2 rings (SSSR count). The third-order valence-corrected chi connectivity index (χ3v) is 3.67. The summed E-state index contributed by atoms with van der Waals surface area (Å²) >= 11 is 5.16. The topological polar surface area (TPSA) is 37.8 Å². The van der Waals surface area contributed by atoms with E-state index in [4.69, 9.17) is 0 Å². The van der Waals surface area contributed by atoms with E-state index in [-0.39, 0.29) is 0 Å². The fourth-order valence-electron chi connectivity index (χ4n) is 1.28. The Morgan fingerprint density at radius 2 is 2.13 bits per heavy atom. The Morgan fingerprint density at radius 1 is 1.33 bits per heavy atom. The van der Waals surface area contributed by atoms with Crippen LogP contribution in [0.3, 0.4) is 0 Å². The van der Waals surface area contributed by atoms with Gasteiger partial charge < -0.3 is 5.32 Å². The van der Waals surface area contributed by atoms with E-state index in [0.29, 0.717) is 5.95 Å². The molecular formula is C10H10BrN3S. The van der Waals surface area contributed by atoms with E-state index < -0.39 is 0 Å². The number of halogens is 1. The predicted molar refractivity (Wildman–Crippen MR) is 67.3 cm³/mol. The van der Waals surface area contributed by atoms with Crippen molar-refractivity contribution in [3.8, 4) is 11.3 Å². The van der Waals surface area contributed by atoms with Gasteiger partial charge >= 0.3 is 0 Å². The molecule has 0 unspecified atom stereocenters. The summed E-state index contributed by atoms with van der Waals surface area (Å²) in [7, 11) is 1.82. The van der Waals surface area contributed by atoms with E-state index in [1.807, 2.05) is 25.4 Å². The van der Waals surface area contributed by atoms with Crippen LogP contribution in [0.25, 0.3) is 11.3 Å². The molecule has 0 aliphatic rings. The van der Waals surface area contributed by atoms with E-state index >= 15 is 0 Å². The largest absolute Gasteiger partial charge is 0.357 e. The zero-order valence-corrected chi connectivity index (χ0v) is 10.8. The van der Waals surface area contributed by atoms with Crippen molar-refractivity contribution in [3.05, 3.63) is 27.0 Å². The van der Waals surface area contributed by atoms with Gasteiger partial charge in [0.15, 0.2) is 0 Å². The maximum absolute atomic E-state index is 4.41. The first-order chi connectivity index (χ1) is 7.20. The molecule has 5 heteroatoms. The van der Waals surface area contributed by atoms with Crippen LogP contribution in [0.15, 0.2) is 21.3 Å². The molecule has 0 atom stereocenters. The predicted octanol–water partition coefficient (Wildman–Crippen LogP) is 3.32. The van der Waals surface area contributed by atoms with Gasteiger partial charge in [0.05, 0.1) is 5.69 Å². The van der Waals surface area contributed by atoms with Crippen LogP contribution < -0.4 is 5.32 Å². The van der Waals surface area contributed by atoms with Crippen LogP contribution in [0, 0.1) is 6.92 Å². The van der Waals surface area contributed by atoms with Gasteiger partial charge in [0.1, 0.15) is 0 Å². The fourth-order valence-corrected chi connectivity index (χ4v) is 2.77. The maximum atomic E-state index is 4.41. The third kappa shape index (κ3) is 2.18. The second kappa shape index (κ2) is 4.28. The molecular weight excluding hydrogens is 274 g/mol. The highest BCUT2D eigenvalue weighted by Gasteiger charge is 2.07. The van der Waals surface area contributed by atoms with Crippen LogP contribution in [0.2, 0.25) is 0 Å². The summed E-state index contributed by atoms with van der Waals surface area (Å²) in [5.41, 5.74) is 3.02. The minimum atomic E-state index is 0.656. The molecule has 2 aromatic heterocycles. The molecule has 0 radical (unpaired) electrons. The molecule has 0 saturated heterocycles. The Kier molecular flexibility index (Phi) is 3.02. The standard InChI is InChI=1S/C10H10BrN3S/c1-6-3-9(14-10(12-2)13-6)7-4-15-5-8(7)11/h3-5H,1-2H3,(H,12,13,14). The molecule has 0 amide bonds. The van der Waals surface area contributed by atoms with E-state index in [1.54, 1.807) is 11.3 Å². The van der Waals surface area contributed by atoms with E-state index in [0.717, 1.165) is 21.4 Å². The van der Waals surface area contributed by atoms with Gasteiger partial charge in [-0.15, -0.1) is 0 Å². The van der Waals surface area contributed by atoms with Gasteiger partial charge in [-0.1, -0.05) is 0 Å². The Bertz CT molecular complexity index is 481. The monoisotopic (exact) mass is 283 g/mol. The first-order valence-corrected chi connectivity index (χ1v) is 6.20. The van der Waals surface area contributed by atoms with Crippen LogP contribution in [-0.2, 0) is 0 Å². The molecule has 1 N–H and O–H groups in total. The lowest BCUT2D eigenvalue weighted by molar-refractivity contribution is 1.10. The SMILES string of the molecule is CNc1nc(C)cc(-c2cscc2Br)n1. The summed E-state index contributed by atoms with van der Waals surface area (Å²) in [5.74, 6) is 0.656. The van der Waals surface area contributed by atoms with Crippen molar-refractivity contribution in [2.24, 2.45) is 0 Å². The Balaban J connectivity index is 2.53. The van der Waals surface area contributed by atoms with Crippen LogP contribution in [0.1, 0.15) is 5.69 Å². The summed E-state index contributed by atoms with van der Waals surface area (Å²) in [5, 5.41) is 7.08. The summed E-state index contributed by atoms with van der Waals surface area (Å²) < 4.78 is 1.08. The summed E-state index contributed by atoms with van der Waals surface area (Å²) in [4.78, 5) is 8.67. The molecule has 3 nitrogen and oxygen atoms in total. The van der Waals surface area contributed by atoms with Crippen LogP contribution in [-0.4, -0.2) is 17.0 Å². The number of rotatable bonds is 2. The first-order valence-electron chi connectivity index (χ1n) is 4.46. The summed E-state index contributed by atoms with van der Waals surface area (Å²) in [6, 6.07) is 1.98. The van der Waals surface area contributed by atoms with Gasteiger partial charge in [0.2, 0.25) is 5.95 Å². The normalized spacial score (nSPS) is 10.3. The zero-order chi connectivity index (χ0) is 10.8. The van der Waals surface area contributed by atoms with Crippen LogP contribution >= 0.6 is 27.3 Å². The Hall–Kier alpha value is -0.940. The van der Waals surface area contributed by atoms with Crippen LogP contribution in [0.5, 0.6) is 0 Å². The van der Waals surface area contributed by atoms with E-state index in [9.17, 15) is 0 Å². The fraction of sp³-hybridized carbons (Fsp3) is 0.200. The number of hydrogen-bond acceptors (Lipinski definition) is 4. The zero-order valence-electron chi connectivity index (χ0n) is 8.41. The number of aryl methyl sites for hydroxylation is 1. The highest BCUT2D eigenvalue weighted by molar-refractivity contribution is 9.10. The number of hydrogen-bond donors (Lipinski definition) is 1. The van der Waals surface area contributed by atoms with Crippen molar-refractivity contribution in [2.75, 3.05) is 12.4 Å². The second-order valence-corrected chi connectivity index (χ2v) is 4.70. The lowest BCUT2D eigenvalue weighted by Crippen LogP contribution is -1.99. The van der Waals surface area contributed by atoms with Gasteiger partial charge in [-0.3, -0.25) is 0 Å². The average Bonchev–Trinajstić information content (AvgIpc) is 2.63. The highest BCUT2D eigenvalue weighted by atomic mass is 79.9. The van der Waals surface area contributed by atoms with Gasteiger partial charge in [-0.25, -0.2) is 9.97 Å². The minimum absolute atomic E-state index is 0.656. The first kappa shape index (κ1) is 10.6. The third-order valence-electron chi connectivity index (χ3n) is 1.97. The van der Waals surface area contributed by atoms with Crippen molar-refractivity contribution >= 4 is 33.2 Å². The maximum Gasteiger partial charge on any atom is 0.223 e. The summed E-state index contributed by atoms with van der Waals surface area (Å²) in [6.45, 7) is 1.96. The molecule has 0 spiro atoms. The second-order valence-electron chi connectivity index (χ2n) is 3.10. The molecule has 0 aliphatic carbocycles. The van der Waals surface area contributed by atoms with E-state index in [2.05, 4.69) is 36.6 Å². The number of thiophene rings is 1. The van der Waals surface area contributed by atoms with Crippen molar-refractivity contribution in [3.63, 3.8) is 0 Å². The van der Waals surface area contributed by atoms with Crippen molar-refractivity contribution in [2.45, 2.75) is 6.92 Å². The van der Waals surface area contributed by atoms with Gasteiger partial charge in [0.25, 0.3) is 0 Å². The quantitative estimate of drug-likeness (QED) is 0.919. The highest BCUT2D eigenvalue weighted by Crippen LogP contribution is 2.30. The molecule has 0 bridgehead atoms. The van der Waals surface area contributed by atoms with Crippen molar-refractivity contribution < 1.29 is 0 Å². The lowest BCUT2D eigenvalue weighted by Gasteiger charge is -2.04. The van der Waals surface area contributed by atoms with Crippen molar-refractivity contribution in [1.82, 2.24) is 9.97 Å². The number of aromatic nitrogens is 2. The van der Waals surface area contributed by atoms with E-state index in [1.165, 1.54) is 0 Å². The molecule has 0 aromatic carbocycles. The number of anilines is 1. The number of nitrogens with one attached hydrogen (secondary N) is 1. The molecule has 15 heavy (non-hydrogen) atoms. The van der Waals surface area contributed by atoms with Crippen molar-refractivity contribution in [1.29, 1.82) is 0 Å². The van der Waals surface area contributed by atoms with Gasteiger partial charge in [0, 0.05) is 33.5 Å². The molecule has 0 fully saturated rings. The Labute approximate surface area is 101 Å². The average molecular weight is 284 g/mol. The van der Waals surface area contributed by atoms with Gasteiger partial charge in [-0.2, -0.15) is 11.3 Å². The minimum Gasteiger partial charge on any atom is -0.357 e. The Morgan fingerprint density at radius 3 is 2.73 bits per heavy atom. The molecule has 2 aromatic rings.